The third kappa shape index (κ3) is 2.49. The highest BCUT2D eigenvalue weighted by atomic mass is 79.9. The molecule has 0 saturated heterocycles. The van der Waals surface area contributed by atoms with Crippen LogP contribution < -0.4 is 0 Å². The smallest absolute Gasteiger partial charge is 0.107 e. The lowest BCUT2D eigenvalue weighted by atomic mass is 10.2. The number of hydrogen-bond acceptors (Lipinski definition) is 2. The molecule has 2 rings (SSSR count). The van der Waals surface area contributed by atoms with Crippen molar-refractivity contribution in [1.29, 1.82) is 0 Å². The highest BCUT2D eigenvalue weighted by molar-refractivity contribution is 9.09. The first-order valence-electron chi connectivity index (χ1n) is 4.86. The first-order chi connectivity index (χ1) is 7.16. The van der Waals surface area contributed by atoms with Crippen LogP contribution in [0.15, 0.2) is 18.5 Å². The Bertz CT molecular complexity index is 414. The van der Waals surface area contributed by atoms with Gasteiger partial charge in [-0.1, -0.05) is 15.9 Å². The summed E-state index contributed by atoms with van der Waals surface area (Å²) in [5, 5.41) is 0. The Morgan fingerprint density at radius 2 is 2.33 bits per heavy atom. The molecule has 2 heterocycles. The summed E-state index contributed by atoms with van der Waals surface area (Å²) in [6.45, 7) is 4.32. The summed E-state index contributed by atoms with van der Waals surface area (Å²) in [6.07, 6.45) is 4.56. The van der Waals surface area contributed by atoms with E-state index in [4.69, 9.17) is 0 Å². The number of alkyl halides is 1. The summed E-state index contributed by atoms with van der Waals surface area (Å²) in [7, 11) is 0. The Kier molecular flexibility index (Phi) is 3.26. The zero-order valence-electron chi connectivity index (χ0n) is 8.75. The molecule has 1 unspecified atom stereocenters. The Balaban J connectivity index is 2.11. The van der Waals surface area contributed by atoms with E-state index < -0.39 is 0 Å². The first-order valence-corrected chi connectivity index (χ1v) is 6.59. The number of halogens is 1. The van der Waals surface area contributed by atoms with E-state index in [9.17, 15) is 0 Å². The van der Waals surface area contributed by atoms with Gasteiger partial charge in [-0.15, -0.1) is 11.3 Å². The van der Waals surface area contributed by atoms with Crippen LogP contribution in [0, 0.1) is 13.8 Å². The van der Waals surface area contributed by atoms with Crippen LogP contribution in [0.1, 0.15) is 26.0 Å². The average molecular weight is 285 g/mol. The van der Waals surface area contributed by atoms with Crippen LogP contribution in [-0.2, 0) is 6.42 Å². The molecule has 0 aromatic carbocycles. The standard InChI is InChI=1S/C11H13BrN2S/c1-7-5-10(15-8(7)2)9(12)6-11-13-3-4-14-11/h3-5,9H,6H2,1-2H3,(H,13,14). The predicted molar refractivity (Wildman–Crippen MR) is 67.8 cm³/mol. The molecule has 0 aliphatic carbocycles. The van der Waals surface area contributed by atoms with Crippen molar-refractivity contribution in [1.82, 2.24) is 9.97 Å². The quantitative estimate of drug-likeness (QED) is 0.854. The maximum atomic E-state index is 4.23. The number of rotatable bonds is 3. The van der Waals surface area contributed by atoms with E-state index in [1.165, 1.54) is 15.3 Å². The van der Waals surface area contributed by atoms with Gasteiger partial charge in [-0.3, -0.25) is 0 Å². The van der Waals surface area contributed by atoms with E-state index in [0.29, 0.717) is 4.83 Å². The van der Waals surface area contributed by atoms with Crippen LogP contribution in [0.3, 0.4) is 0 Å². The SMILES string of the molecule is Cc1cc(C(Br)Cc2ncc[nH]2)sc1C. The van der Waals surface area contributed by atoms with E-state index in [-0.39, 0.29) is 0 Å². The maximum Gasteiger partial charge on any atom is 0.107 e. The third-order valence-corrected chi connectivity index (χ3v) is 4.81. The molecule has 2 nitrogen and oxygen atoms in total. The van der Waals surface area contributed by atoms with Gasteiger partial charge in [0, 0.05) is 28.6 Å². The monoisotopic (exact) mass is 284 g/mol. The van der Waals surface area contributed by atoms with Gasteiger partial charge in [0.2, 0.25) is 0 Å². The second-order valence-corrected chi connectivity index (χ2v) is 5.99. The van der Waals surface area contributed by atoms with Crippen molar-refractivity contribution in [2.75, 3.05) is 0 Å². The summed E-state index contributed by atoms with van der Waals surface area (Å²) >= 11 is 5.56. The minimum absolute atomic E-state index is 0.362. The molecule has 4 heteroatoms. The van der Waals surface area contributed by atoms with Crippen molar-refractivity contribution in [2.24, 2.45) is 0 Å². The number of nitrogens with one attached hydrogen (secondary N) is 1. The summed E-state index contributed by atoms with van der Waals surface area (Å²) in [4.78, 5) is 10.5. The second-order valence-electron chi connectivity index (χ2n) is 3.60. The minimum Gasteiger partial charge on any atom is -0.349 e. The fraction of sp³-hybridized carbons (Fsp3) is 0.364. The molecule has 80 valence electrons. The van der Waals surface area contributed by atoms with E-state index in [0.717, 1.165) is 12.2 Å². The molecule has 2 aromatic rings. The van der Waals surface area contributed by atoms with E-state index in [2.05, 4.69) is 45.8 Å². The lowest BCUT2D eigenvalue weighted by Gasteiger charge is -2.04. The van der Waals surface area contributed by atoms with Gasteiger partial charge in [0.15, 0.2) is 0 Å². The van der Waals surface area contributed by atoms with Gasteiger partial charge in [0.05, 0.1) is 4.83 Å². The van der Waals surface area contributed by atoms with Crippen molar-refractivity contribution in [3.05, 3.63) is 39.6 Å². The Morgan fingerprint density at radius 3 is 2.87 bits per heavy atom. The van der Waals surface area contributed by atoms with E-state index in [1.807, 2.05) is 17.5 Å². The molecule has 0 saturated carbocycles. The molecule has 0 bridgehead atoms. The second kappa shape index (κ2) is 4.49. The largest absolute Gasteiger partial charge is 0.349 e. The van der Waals surface area contributed by atoms with Gasteiger partial charge >= 0.3 is 0 Å². The fourth-order valence-electron chi connectivity index (χ4n) is 1.44. The van der Waals surface area contributed by atoms with E-state index in [1.54, 1.807) is 6.20 Å². The van der Waals surface area contributed by atoms with Crippen molar-refractivity contribution in [2.45, 2.75) is 25.1 Å². The number of aryl methyl sites for hydroxylation is 2. The van der Waals surface area contributed by atoms with E-state index >= 15 is 0 Å². The van der Waals surface area contributed by atoms with Crippen molar-refractivity contribution >= 4 is 27.3 Å². The molecule has 0 radical (unpaired) electrons. The van der Waals surface area contributed by atoms with Crippen LogP contribution in [0.4, 0.5) is 0 Å². The van der Waals surface area contributed by atoms with Crippen LogP contribution in [0.2, 0.25) is 0 Å². The van der Waals surface area contributed by atoms with Gasteiger partial charge in [-0.2, -0.15) is 0 Å². The number of aromatic amines is 1. The van der Waals surface area contributed by atoms with Crippen LogP contribution in [0.5, 0.6) is 0 Å². The number of thiophene rings is 1. The number of H-pyrrole nitrogens is 1. The summed E-state index contributed by atoms with van der Waals surface area (Å²) in [5.41, 5.74) is 1.37. The zero-order chi connectivity index (χ0) is 10.8. The molecule has 1 N–H and O–H groups in total. The molecule has 0 spiro atoms. The number of hydrogen-bond donors (Lipinski definition) is 1. The van der Waals surface area contributed by atoms with Gasteiger partial charge in [-0.25, -0.2) is 4.98 Å². The lowest BCUT2D eigenvalue weighted by Crippen LogP contribution is -1.94. The molecule has 0 fully saturated rings. The molecule has 0 aliphatic heterocycles. The van der Waals surface area contributed by atoms with Gasteiger partial charge in [0.1, 0.15) is 5.82 Å². The average Bonchev–Trinajstić information content (AvgIpc) is 2.78. The summed E-state index contributed by atoms with van der Waals surface area (Å²) in [5.74, 6) is 1.03. The number of nitrogens with zero attached hydrogens (tertiary/aromatic N) is 1. The van der Waals surface area contributed by atoms with Crippen LogP contribution in [-0.4, -0.2) is 9.97 Å². The predicted octanol–water partition coefficient (Wildman–Crippen LogP) is 3.77. The Hall–Kier alpha value is -0.610. The number of imidazole rings is 1. The van der Waals surface area contributed by atoms with Crippen molar-refractivity contribution < 1.29 is 0 Å². The molecule has 1 atom stereocenters. The summed E-state index contributed by atoms with van der Waals surface area (Å²) in [6, 6.07) is 2.25. The summed E-state index contributed by atoms with van der Waals surface area (Å²) < 4.78 is 0. The Labute approximate surface area is 102 Å². The Morgan fingerprint density at radius 1 is 1.53 bits per heavy atom. The normalized spacial score (nSPS) is 13.0. The van der Waals surface area contributed by atoms with Crippen LogP contribution >= 0.6 is 27.3 Å². The zero-order valence-corrected chi connectivity index (χ0v) is 11.2. The van der Waals surface area contributed by atoms with Gasteiger partial charge < -0.3 is 4.98 Å². The lowest BCUT2D eigenvalue weighted by molar-refractivity contribution is 0.888. The molecular formula is C11H13BrN2S. The first kappa shape index (κ1) is 10.9. The van der Waals surface area contributed by atoms with Crippen molar-refractivity contribution in [3.8, 4) is 0 Å². The minimum atomic E-state index is 0.362. The third-order valence-electron chi connectivity index (χ3n) is 2.42. The van der Waals surface area contributed by atoms with Gasteiger partial charge in [-0.05, 0) is 25.5 Å². The van der Waals surface area contributed by atoms with Crippen molar-refractivity contribution in [3.63, 3.8) is 0 Å². The molecule has 15 heavy (non-hydrogen) atoms. The highest BCUT2D eigenvalue weighted by Gasteiger charge is 2.13. The maximum absolute atomic E-state index is 4.23. The molecule has 2 aromatic heterocycles. The molecule has 0 aliphatic rings. The number of aromatic nitrogens is 2. The topological polar surface area (TPSA) is 28.7 Å². The van der Waals surface area contributed by atoms with Gasteiger partial charge in [0.25, 0.3) is 0 Å². The molecular weight excluding hydrogens is 272 g/mol. The molecule has 0 amide bonds. The fourth-order valence-corrected chi connectivity index (χ4v) is 3.18. The highest BCUT2D eigenvalue weighted by Crippen LogP contribution is 2.33. The van der Waals surface area contributed by atoms with Crippen LogP contribution in [0.25, 0.3) is 0 Å².